The quantitative estimate of drug-likeness (QED) is 0.670. The molecule has 0 spiro atoms. The minimum Gasteiger partial charge on any atom is -0.300 e. The Morgan fingerprint density at radius 2 is 1.71 bits per heavy atom. The molecule has 6 atom stereocenters. The molecule has 0 radical (unpaired) electrons. The van der Waals surface area contributed by atoms with Crippen LogP contribution < -0.4 is 0 Å². The summed E-state index contributed by atoms with van der Waals surface area (Å²) in [6, 6.07) is 0. The van der Waals surface area contributed by atoms with E-state index in [0.717, 1.165) is 50.4 Å². The molecule has 2 heteroatoms. The molecular formula is C19H28O2. The SMILES string of the molecule is C[C@@]12CCC(=O)C[C@@H]1CC[C@@H]1[C@@H]2CC[C@]2(C)C(=O)CC[C@@H]12. The maximum Gasteiger partial charge on any atom is 0.139 e. The number of hydrogen-bond acceptors (Lipinski definition) is 2. The largest absolute Gasteiger partial charge is 0.300 e. The maximum absolute atomic E-state index is 12.4. The summed E-state index contributed by atoms with van der Waals surface area (Å²) in [5.41, 5.74) is 0.374. The van der Waals surface area contributed by atoms with Crippen molar-refractivity contribution in [2.45, 2.75) is 71.6 Å². The Hall–Kier alpha value is -0.660. The zero-order valence-electron chi connectivity index (χ0n) is 13.5. The highest BCUT2D eigenvalue weighted by atomic mass is 16.1. The molecule has 2 nitrogen and oxygen atoms in total. The lowest BCUT2D eigenvalue weighted by Gasteiger charge is -2.59. The first-order chi connectivity index (χ1) is 9.95. The molecule has 4 aliphatic carbocycles. The summed E-state index contributed by atoms with van der Waals surface area (Å²) in [6.45, 7) is 4.72. The normalized spacial score (nSPS) is 53.0. The van der Waals surface area contributed by atoms with Crippen LogP contribution in [0.5, 0.6) is 0 Å². The van der Waals surface area contributed by atoms with Crippen molar-refractivity contribution < 1.29 is 9.59 Å². The molecular weight excluding hydrogens is 260 g/mol. The fraction of sp³-hybridized carbons (Fsp3) is 0.895. The summed E-state index contributed by atoms with van der Waals surface area (Å²) < 4.78 is 0. The predicted octanol–water partition coefficient (Wildman–Crippen LogP) is 4.17. The molecule has 4 fully saturated rings. The van der Waals surface area contributed by atoms with Crippen LogP contribution in [0, 0.1) is 34.5 Å². The Balaban J connectivity index is 1.65. The lowest BCUT2D eigenvalue weighted by Crippen LogP contribution is -2.53. The number of carbonyl (C=O) groups excluding carboxylic acids is 2. The van der Waals surface area contributed by atoms with Crippen LogP contribution in [0.1, 0.15) is 71.6 Å². The highest BCUT2D eigenvalue weighted by molar-refractivity contribution is 5.87. The number of fused-ring (bicyclic) bond motifs is 5. The van der Waals surface area contributed by atoms with E-state index in [1.54, 1.807) is 0 Å². The summed E-state index contributed by atoms with van der Waals surface area (Å²) in [5, 5.41) is 0. The number of hydrogen-bond donors (Lipinski definition) is 0. The Labute approximate surface area is 128 Å². The highest BCUT2D eigenvalue weighted by Crippen LogP contribution is 2.65. The highest BCUT2D eigenvalue weighted by Gasteiger charge is 2.60. The summed E-state index contributed by atoms with van der Waals surface area (Å²) >= 11 is 0. The summed E-state index contributed by atoms with van der Waals surface area (Å²) in [6.07, 6.45) is 9.53. The number of ketones is 2. The lowest BCUT2D eigenvalue weighted by molar-refractivity contribution is -0.144. The number of rotatable bonds is 0. The molecule has 0 aliphatic heterocycles. The van der Waals surface area contributed by atoms with Gasteiger partial charge in [-0.3, -0.25) is 9.59 Å². The van der Waals surface area contributed by atoms with Gasteiger partial charge in [0, 0.05) is 24.7 Å². The average Bonchev–Trinajstić information content (AvgIpc) is 2.76. The molecule has 21 heavy (non-hydrogen) atoms. The monoisotopic (exact) mass is 288 g/mol. The van der Waals surface area contributed by atoms with Crippen molar-refractivity contribution in [3.8, 4) is 0 Å². The van der Waals surface area contributed by atoms with E-state index in [0.29, 0.717) is 28.8 Å². The van der Waals surface area contributed by atoms with Gasteiger partial charge in [-0.1, -0.05) is 13.8 Å². The van der Waals surface area contributed by atoms with Crippen molar-refractivity contribution >= 4 is 11.6 Å². The zero-order valence-corrected chi connectivity index (χ0v) is 13.5. The van der Waals surface area contributed by atoms with Gasteiger partial charge < -0.3 is 0 Å². The molecule has 0 N–H and O–H groups in total. The van der Waals surface area contributed by atoms with E-state index in [1.165, 1.54) is 19.3 Å². The van der Waals surface area contributed by atoms with Gasteiger partial charge >= 0.3 is 0 Å². The van der Waals surface area contributed by atoms with Gasteiger partial charge in [-0.25, -0.2) is 0 Å². The fourth-order valence-electron chi connectivity index (χ4n) is 6.82. The van der Waals surface area contributed by atoms with Gasteiger partial charge in [0.15, 0.2) is 0 Å². The van der Waals surface area contributed by atoms with Crippen molar-refractivity contribution in [1.29, 1.82) is 0 Å². The van der Waals surface area contributed by atoms with Crippen molar-refractivity contribution in [1.82, 2.24) is 0 Å². The second-order valence-electron chi connectivity index (χ2n) is 8.82. The van der Waals surface area contributed by atoms with E-state index in [4.69, 9.17) is 0 Å². The molecule has 116 valence electrons. The fourth-order valence-corrected chi connectivity index (χ4v) is 6.82. The third-order valence-corrected chi connectivity index (χ3v) is 8.19. The Kier molecular flexibility index (Phi) is 2.94. The smallest absolute Gasteiger partial charge is 0.139 e. The van der Waals surface area contributed by atoms with Crippen LogP contribution in [0.2, 0.25) is 0 Å². The summed E-state index contributed by atoms with van der Waals surface area (Å²) in [5.74, 6) is 3.82. The van der Waals surface area contributed by atoms with Crippen LogP contribution >= 0.6 is 0 Å². The second-order valence-corrected chi connectivity index (χ2v) is 8.82. The standard InChI is InChI=1S/C19H28O2/c1-18-9-7-13(20)11-12(18)3-4-14-15-5-6-17(21)19(15,2)10-8-16(14)18/h12,14-16H,3-11H2,1-2H3/t12-,14-,15-,16-,18+,19-/m0/s1. The van der Waals surface area contributed by atoms with Crippen molar-refractivity contribution in [2.75, 3.05) is 0 Å². The molecule has 4 rings (SSSR count). The molecule has 0 unspecified atom stereocenters. The molecule has 0 amide bonds. The first kappa shape index (κ1) is 14.0. The first-order valence-electron chi connectivity index (χ1n) is 9.00. The molecule has 0 bridgehead atoms. The van der Waals surface area contributed by atoms with Gasteiger partial charge in [-0.2, -0.15) is 0 Å². The van der Waals surface area contributed by atoms with Gasteiger partial charge in [0.1, 0.15) is 11.6 Å². The van der Waals surface area contributed by atoms with Crippen molar-refractivity contribution in [3.05, 3.63) is 0 Å². The van der Waals surface area contributed by atoms with Crippen molar-refractivity contribution in [3.63, 3.8) is 0 Å². The van der Waals surface area contributed by atoms with E-state index >= 15 is 0 Å². The third kappa shape index (κ3) is 1.77. The molecule has 4 aliphatic rings. The predicted molar refractivity (Wildman–Crippen MR) is 81.7 cm³/mol. The van der Waals surface area contributed by atoms with E-state index in [1.807, 2.05) is 0 Å². The van der Waals surface area contributed by atoms with Gasteiger partial charge in [0.2, 0.25) is 0 Å². The topological polar surface area (TPSA) is 34.1 Å². The number of carbonyl (C=O) groups is 2. The molecule has 0 saturated heterocycles. The van der Waals surface area contributed by atoms with Crippen LogP contribution in [0.15, 0.2) is 0 Å². The molecule has 0 aromatic carbocycles. The number of Topliss-reactive ketones (excluding diaryl/α,β-unsaturated/α-hetero) is 2. The Morgan fingerprint density at radius 3 is 2.52 bits per heavy atom. The van der Waals surface area contributed by atoms with Crippen LogP contribution in [-0.2, 0) is 9.59 Å². The van der Waals surface area contributed by atoms with Crippen molar-refractivity contribution in [2.24, 2.45) is 34.5 Å². The average molecular weight is 288 g/mol. The lowest BCUT2D eigenvalue weighted by atomic mass is 9.45. The van der Waals surface area contributed by atoms with Crippen LogP contribution in [0.4, 0.5) is 0 Å². The third-order valence-electron chi connectivity index (χ3n) is 8.19. The van der Waals surface area contributed by atoms with Crippen LogP contribution in [0.3, 0.4) is 0 Å². The van der Waals surface area contributed by atoms with E-state index in [2.05, 4.69) is 13.8 Å². The minimum absolute atomic E-state index is 0.00511. The molecule has 0 aromatic heterocycles. The van der Waals surface area contributed by atoms with E-state index in [9.17, 15) is 9.59 Å². The summed E-state index contributed by atoms with van der Waals surface area (Å²) in [7, 11) is 0. The van der Waals surface area contributed by atoms with Crippen LogP contribution in [0.25, 0.3) is 0 Å². The molecule has 0 aromatic rings. The summed E-state index contributed by atoms with van der Waals surface area (Å²) in [4.78, 5) is 24.2. The van der Waals surface area contributed by atoms with Gasteiger partial charge in [0.05, 0.1) is 0 Å². The Morgan fingerprint density at radius 1 is 0.905 bits per heavy atom. The minimum atomic E-state index is -0.00511. The van der Waals surface area contributed by atoms with Gasteiger partial charge in [0.25, 0.3) is 0 Å². The maximum atomic E-state index is 12.4. The molecule has 0 heterocycles. The second kappa shape index (κ2) is 4.43. The van der Waals surface area contributed by atoms with Crippen LogP contribution in [-0.4, -0.2) is 11.6 Å². The van der Waals surface area contributed by atoms with Gasteiger partial charge in [-0.05, 0) is 67.6 Å². The van der Waals surface area contributed by atoms with Gasteiger partial charge in [-0.15, -0.1) is 0 Å². The molecule has 4 saturated carbocycles. The zero-order chi connectivity index (χ0) is 14.8. The first-order valence-corrected chi connectivity index (χ1v) is 9.00. The Bertz CT molecular complexity index is 496. The van der Waals surface area contributed by atoms with E-state index < -0.39 is 0 Å². The van der Waals surface area contributed by atoms with E-state index in [-0.39, 0.29) is 5.41 Å².